The van der Waals surface area contributed by atoms with Crippen LogP contribution in [0.25, 0.3) is 0 Å². The van der Waals surface area contributed by atoms with Crippen LogP contribution in [0, 0.1) is 6.92 Å². The van der Waals surface area contributed by atoms with Gasteiger partial charge in [0.05, 0.1) is 16.9 Å². The average molecular weight is 395 g/mol. The molecular weight excluding hydrogens is 374 g/mol. The van der Waals surface area contributed by atoms with Gasteiger partial charge in [-0.15, -0.1) is 0 Å². The molecule has 6 heteroatoms. The topological polar surface area (TPSA) is 77.8 Å². The Balaban J connectivity index is 1.85. The first kappa shape index (κ1) is 19.8. The molecule has 0 radical (unpaired) electrons. The number of hydrogen-bond acceptors (Lipinski definition) is 2. The monoisotopic (exact) mass is 395 g/mol. The zero-order chi connectivity index (χ0) is 20.1. The lowest BCUT2D eigenvalue weighted by Gasteiger charge is -2.21. The zero-order valence-electron chi connectivity index (χ0n) is 15.4. The Morgan fingerprint density at radius 1 is 0.929 bits per heavy atom. The van der Waals surface area contributed by atoms with Crippen LogP contribution in [-0.2, 0) is 24.1 Å². The molecule has 3 rings (SSSR count). The third-order valence-corrected chi connectivity index (χ3v) is 5.20. The first-order valence-corrected chi connectivity index (χ1v) is 9.90. The van der Waals surface area contributed by atoms with Gasteiger partial charge in [0.15, 0.2) is 0 Å². The molecule has 0 saturated carbocycles. The summed E-state index contributed by atoms with van der Waals surface area (Å²) in [5.74, 6) is -0.939. The van der Waals surface area contributed by atoms with Crippen molar-refractivity contribution >= 4 is 28.6 Å². The lowest BCUT2D eigenvalue weighted by Crippen LogP contribution is -2.19. The number of aryl methyl sites for hydroxylation is 3. The summed E-state index contributed by atoms with van der Waals surface area (Å²) in [4.78, 5) is 11.4. The number of nitrogens with zero attached hydrogens (tertiary/aromatic N) is 1. The largest absolute Gasteiger partial charge is 0.478 e. The van der Waals surface area contributed by atoms with E-state index in [0.29, 0.717) is 29.8 Å². The molecule has 0 aliphatic carbocycles. The molecule has 0 spiro atoms. The lowest BCUT2D eigenvalue weighted by molar-refractivity contribution is 0.0695. The molecule has 0 saturated heterocycles. The maximum absolute atomic E-state index is 12.0. The van der Waals surface area contributed by atoms with Crippen LogP contribution in [0.5, 0.6) is 0 Å². The summed E-state index contributed by atoms with van der Waals surface area (Å²) in [6.07, 6.45) is 1.19. The molecule has 0 bridgehead atoms. The molecule has 3 aromatic rings. The Morgan fingerprint density at radius 3 is 2.29 bits per heavy atom. The van der Waals surface area contributed by atoms with Gasteiger partial charge >= 0.3 is 5.97 Å². The predicted octanol–water partition coefficient (Wildman–Crippen LogP) is 4.75. The molecular formula is C22H21NO4S. The summed E-state index contributed by atoms with van der Waals surface area (Å²) >= 11 is -2.22. The SMILES string of the molecule is Cc1cccc(N(c2cccc(CCc3ccccc3C(=O)O)c2)S(=O)O)c1. The van der Waals surface area contributed by atoms with Crippen LogP contribution < -0.4 is 4.31 Å². The minimum atomic E-state index is -2.22. The Morgan fingerprint density at radius 2 is 1.61 bits per heavy atom. The fraction of sp³-hybridized carbons (Fsp3) is 0.136. The van der Waals surface area contributed by atoms with Crippen molar-refractivity contribution in [1.82, 2.24) is 0 Å². The number of carboxylic acids is 1. The van der Waals surface area contributed by atoms with Crippen LogP contribution in [0.3, 0.4) is 0 Å². The van der Waals surface area contributed by atoms with Crippen LogP contribution in [0.2, 0.25) is 0 Å². The van der Waals surface area contributed by atoms with Crippen LogP contribution >= 0.6 is 0 Å². The number of rotatable bonds is 7. The van der Waals surface area contributed by atoms with Gasteiger partial charge in [0.1, 0.15) is 0 Å². The molecule has 0 aliphatic heterocycles. The second-order valence-corrected chi connectivity index (χ2v) is 7.32. The normalized spacial score (nSPS) is 11.8. The quantitative estimate of drug-likeness (QED) is 0.566. The molecule has 3 aromatic carbocycles. The van der Waals surface area contributed by atoms with Gasteiger partial charge in [-0.1, -0.05) is 42.5 Å². The van der Waals surface area contributed by atoms with E-state index in [-0.39, 0.29) is 0 Å². The van der Waals surface area contributed by atoms with Crippen molar-refractivity contribution < 1.29 is 18.7 Å². The van der Waals surface area contributed by atoms with Gasteiger partial charge in [0, 0.05) is 0 Å². The second kappa shape index (κ2) is 8.82. The Hall–Kier alpha value is -2.96. The van der Waals surface area contributed by atoms with Gasteiger partial charge in [-0.3, -0.25) is 4.55 Å². The highest BCUT2D eigenvalue weighted by molar-refractivity contribution is 7.81. The summed E-state index contributed by atoms with van der Waals surface area (Å²) in [6, 6.07) is 21.8. The lowest BCUT2D eigenvalue weighted by atomic mass is 9.99. The van der Waals surface area contributed by atoms with E-state index in [0.717, 1.165) is 16.7 Å². The number of aromatic carboxylic acids is 1. The molecule has 5 nitrogen and oxygen atoms in total. The first-order valence-electron chi connectivity index (χ1n) is 8.83. The molecule has 1 unspecified atom stereocenters. The molecule has 0 aliphatic rings. The highest BCUT2D eigenvalue weighted by Gasteiger charge is 2.16. The smallest absolute Gasteiger partial charge is 0.335 e. The fourth-order valence-corrected chi connectivity index (χ4v) is 3.74. The molecule has 0 fully saturated rings. The number of benzene rings is 3. The van der Waals surface area contributed by atoms with Crippen LogP contribution in [-0.4, -0.2) is 19.8 Å². The van der Waals surface area contributed by atoms with Gasteiger partial charge in [0.2, 0.25) is 0 Å². The van der Waals surface area contributed by atoms with Crippen molar-refractivity contribution in [2.24, 2.45) is 0 Å². The van der Waals surface area contributed by atoms with E-state index >= 15 is 0 Å². The minimum absolute atomic E-state index is 0.302. The minimum Gasteiger partial charge on any atom is -0.478 e. The van der Waals surface area contributed by atoms with Gasteiger partial charge in [-0.2, -0.15) is 0 Å². The highest BCUT2D eigenvalue weighted by Crippen LogP contribution is 2.28. The summed E-state index contributed by atoms with van der Waals surface area (Å²) in [7, 11) is 0. The number of anilines is 2. The summed E-state index contributed by atoms with van der Waals surface area (Å²) < 4.78 is 23.2. The van der Waals surface area contributed by atoms with Gasteiger partial charge in [0.25, 0.3) is 11.3 Å². The number of hydrogen-bond donors (Lipinski definition) is 2. The van der Waals surface area contributed by atoms with E-state index in [4.69, 9.17) is 0 Å². The summed E-state index contributed by atoms with van der Waals surface area (Å²) in [5.41, 5.74) is 4.26. The molecule has 0 amide bonds. The number of carbonyl (C=O) groups is 1. The maximum Gasteiger partial charge on any atom is 0.335 e. The van der Waals surface area contributed by atoms with Crippen molar-refractivity contribution in [3.05, 3.63) is 95.1 Å². The van der Waals surface area contributed by atoms with Crippen molar-refractivity contribution in [1.29, 1.82) is 0 Å². The van der Waals surface area contributed by atoms with E-state index in [9.17, 15) is 18.7 Å². The highest BCUT2D eigenvalue weighted by atomic mass is 32.2. The molecule has 0 aromatic heterocycles. The molecule has 0 heterocycles. The van der Waals surface area contributed by atoms with Crippen molar-refractivity contribution in [3.63, 3.8) is 0 Å². The Kier molecular flexibility index (Phi) is 6.23. The average Bonchev–Trinajstić information content (AvgIpc) is 2.67. The van der Waals surface area contributed by atoms with E-state index in [2.05, 4.69) is 0 Å². The second-order valence-electron chi connectivity index (χ2n) is 6.50. The van der Waals surface area contributed by atoms with Crippen molar-refractivity contribution in [2.45, 2.75) is 19.8 Å². The molecule has 144 valence electrons. The maximum atomic E-state index is 12.0. The Bertz CT molecular complexity index is 1020. The molecule has 28 heavy (non-hydrogen) atoms. The molecule has 1 atom stereocenters. The van der Waals surface area contributed by atoms with Gasteiger partial charge in [-0.25, -0.2) is 13.3 Å². The summed E-state index contributed by atoms with van der Waals surface area (Å²) in [5, 5.41) is 9.32. The molecule has 2 N–H and O–H groups in total. The van der Waals surface area contributed by atoms with E-state index in [1.807, 2.05) is 55.5 Å². The summed E-state index contributed by atoms with van der Waals surface area (Å²) in [6.45, 7) is 1.93. The van der Waals surface area contributed by atoms with Crippen molar-refractivity contribution in [2.75, 3.05) is 4.31 Å². The van der Waals surface area contributed by atoms with Crippen LogP contribution in [0.1, 0.15) is 27.0 Å². The first-order chi connectivity index (χ1) is 13.5. The van der Waals surface area contributed by atoms with Gasteiger partial charge in [-0.05, 0) is 66.8 Å². The fourth-order valence-electron chi connectivity index (χ4n) is 3.15. The van der Waals surface area contributed by atoms with E-state index < -0.39 is 17.2 Å². The third-order valence-electron chi connectivity index (χ3n) is 4.47. The standard InChI is InChI=1S/C22H21NO4S/c1-16-6-4-9-19(14-16)23(28(26)27)20-10-5-7-17(15-20)12-13-18-8-2-3-11-21(18)22(24)25/h2-11,14-15H,12-13H2,1H3,(H,24,25)(H,26,27). The Labute approximate surface area is 166 Å². The predicted molar refractivity (Wildman–Crippen MR) is 111 cm³/mol. The van der Waals surface area contributed by atoms with Gasteiger partial charge < -0.3 is 5.11 Å². The van der Waals surface area contributed by atoms with E-state index in [1.165, 1.54) is 4.31 Å². The van der Waals surface area contributed by atoms with Crippen molar-refractivity contribution in [3.8, 4) is 0 Å². The zero-order valence-corrected chi connectivity index (χ0v) is 16.2. The van der Waals surface area contributed by atoms with Crippen LogP contribution in [0.4, 0.5) is 11.4 Å². The van der Waals surface area contributed by atoms with E-state index in [1.54, 1.807) is 24.3 Å². The van der Waals surface area contributed by atoms with Crippen LogP contribution in [0.15, 0.2) is 72.8 Å². The third kappa shape index (κ3) is 4.65. The number of carboxylic acid groups (broad SMARTS) is 1.